The van der Waals surface area contributed by atoms with E-state index in [4.69, 9.17) is 0 Å². The summed E-state index contributed by atoms with van der Waals surface area (Å²) in [6.07, 6.45) is 1.57. The van der Waals surface area contributed by atoms with Gasteiger partial charge in [-0.2, -0.15) is 0 Å². The van der Waals surface area contributed by atoms with Crippen molar-refractivity contribution in [2.75, 3.05) is 19.7 Å². The molecule has 0 radical (unpaired) electrons. The lowest BCUT2D eigenvalue weighted by molar-refractivity contribution is -0.159. The first-order valence-corrected chi connectivity index (χ1v) is 10.9. The maximum atomic E-state index is 12.9. The van der Waals surface area contributed by atoms with Gasteiger partial charge in [-0.25, -0.2) is 0 Å². The van der Waals surface area contributed by atoms with Gasteiger partial charge in [0.15, 0.2) is 0 Å². The average Bonchev–Trinajstić information content (AvgIpc) is 2.85. The number of piperazine rings is 1. The quantitative estimate of drug-likeness (QED) is 0.638. The van der Waals surface area contributed by atoms with Crippen molar-refractivity contribution in [2.45, 2.75) is 18.0 Å². The molecule has 3 atom stereocenters. The van der Waals surface area contributed by atoms with Crippen LogP contribution >= 0.6 is 0 Å². The topological polar surface area (TPSA) is 73.7 Å². The number of pyridine rings is 1. The molecule has 3 aromatic rings. The number of hydrogen-bond donors (Lipinski definition) is 1. The van der Waals surface area contributed by atoms with Gasteiger partial charge in [-0.1, -0.05) is 48.2 Å². The van der Waals surface area contributed by atoms with Crippen molar-refractivity contribution >= 4 is 11.8 Å². The molecule has 6 heteroatoms. The summed E-state index contributed by atoms with van der Waals surface area (Å²) in [6.45, 7) is 0.303. The molecule has 0 bridgehead atoms. The number of fused-ring (bicyclic) bond motifs is 1. The molecule has 5 rings (SSSR count). The minimum absolute atomic E-state index is 0.00312. The van der Waals surface area contributed by atoms with Crippen molar-refractivity contribution in [3.8, 4) is 11.8 Å². The van der Waals surface area contributed by atoms with Gasteiger partial charge in [0.1, 0.15) is 12.2 Å². The van der Waals surface area contributed by atoms with Crippen LogP contribution in [0.2, 0.25) is 0 Å². The lowest BCUT2D eigenvalue weighted by Crippen LogP contribution is -2.73. The van der Waals surface area contributed by atoms with Gasteiger partial charge in [-0.05, 0) is 42.0 Å². The van der Waals surface area contributed by atoms with Crippen LogP contribution in [-0.2, 0) is 4.79 Å². The molecular weight excluding hydrogens is 414 g/mol. The van der Waals surface area contributed by atoms with Crippen LogP contribution in [0.5, 0.6) is 0 Å². The Labute approximate surface area is 192 Å². The summed E-state index contributed by atoms with van der Waals surface area (Å²) in [4.78, 5) is 33.1. The highest BCUT2D eigenvalue weighted by molar-refractivity contribution is 5.96. The molecule has 0 saturated carbocycles. The van der Waals surface area contributed by atoms with Gasteiger partial charge in [0.25, 0.3) is 5.91 Å². The maximum Gasteiger partial charge on any atom is 0.272 e. The number of amides is 2. The number of rotatable bonds is 3. The van der Waals surface area contributed by atoms with E-state index in [0.717, 1.165) is 16.7 Å². The minimum atomic E-state index is -0.282. The lowest BCUT2D eigenvalue weighted by atomic mass is 9.73. The highest BCUT2D eigenvalue weighted by Gasteiger charge is 2.54. The first-order valence-electron chi connectivity index (χ1n) is 10.9. The standard InChI is InChI=1S/C27H23N3O3/c31-18-24-26(21-13-11-20(12-14-21)10-9-19-6-2-1-3-7-19)23-16-29(17-25(32)30(23)24)27(33)22-8-4-5-15-28-22/h1-8,11-15,23-24,26,31H,16-18H2/t23-,24-,26+/m1/s1. The van der Waals surface area contributed by atoms with Gasteiger partial charge < -0.3 is 14.9 Å². The normalized spacial score (nSPS) is 21.5. The first-order chi connectivity index (χ1) is 16.2. The maximum absolute atomic E-state index is 12.9. The molecule has 2 amide bonds. The second-order valence-electron chi connectivity index (χ2n) is 8.28. The SMILES string of the molecule is O=C(c1ccccn1)N1CC(=O)N2[C@H](CO)[C@@H](c3ccc(C#Cc4ccccc4)cc3)[C@H]2C1. The van der Waals surface area contributed by atoms with Crippen LogP contribution in [0.4, 0.5) is 0 Å². The van der Waals surface area contributed by atoms with Crippen LogP contribution in [-0.4, -0.2) is 63.5 Å². The van der Waals surface area contributed by atoms with E-state index in [-0.39, 0.29) is 43.0 Å². The Hall–Kier alpha value is -3.95. The number of benzene rings is 2. The van der Waals surface area contributed by atoms with Crippen molar-refractivity contribution in [3.63, 3.8) is 0 Å². The number of nitrogens with zero attached hydrogens (tertiary/aromatic N) is 3. The molecule has 33 heavy (non-hydrogen) atoms. The van der Waals surface area contributed by atoms with Crippen molar-refractivity contribution in [1.29, 1.82) is 0 Å². The second-order valence-corrected chi connectivity index (χ2v) is 8.28. The van der Waals surface area contributed by atoms with Crippen LogP contribution < -0.4 is 0 Å². The summed E-state index contributed by atoms with van der Waals surface area (Å²) in [7, 11) is 0. The largest absolute Gasteiger partial charge is 0.394 e. The van der Waals surface area contributed by atoms with Gasteiger partial charge in [-0.3, -0.25) is 14.6 Å². The third-order valence-electron chi connectivity index (χ3n) is 6.34. The second kappa shape index (κ2) is 8.89. The minimum Gasteiger partial charge on any atom is -0.394 e. The van der Waals surface area contributed by atoms with E-state index in [9.17, 15) is 14.7 Å². The fraction of sp³-hybridized carbons (Fsp3) is 0.222. The van der Waals surface area contributed by atoms with Gasteiger partial charge in [0.2, 0.25) is 5.91 Å². The summed E-state index contributed by atoms with van der Waals surface area (Å²) >= 11 is 0. The van der Waals surface area contributed by atoms with E-state index < -0.39 is 0 Å². The highest BCUT2D eigenvalue weighted by Crippen LogP contribution is 2.43. The number of aliphatic hydroxyl groups is 1. The van der Waals surface area contributed by atoms with E-state index in [0.29, 0.717) is 12.2 Å². The van der Waals surface area contributed by atoms with Gasteiger partial charge in [0, 0.05) is 29.8 Å². The Morgan fingerprint density at radius 3 is 2.33 bits per heavy atom. The molecule has 2 aliphatic rings. The zero-order chi connectivity index (χ0) is 22.8. The Morgan fingerprint density at radius 1 is 0.970 bits per heavy atom. The smallest absolute Gasteiger partial charge is 0.272 e. The fourth-order valence-electron chi connectivity index (χ4n) is 4.76. The molecule has 164 valence electrons. The van der Waals surface area contributed by atoms with Gasteiger partial charge in [0.05, 0.1) is 18.7 Å². The molecule has 2 aromatic carbocycles. The fourth-order valence-corrected chi connectivity index (χ4v) is 4.76. The predicted molar refractivity (Wildman–Crippen MR) is 123 cm³/mol. The number of hydrogen-bond acceptors (Lipinski definition) is 4. The zero-order valence-electron chi connectivity index (χ0n) is 18.0. The Bertz CT molecular complexity index is 1220. The van der Waals surface area contributed by atoms with Gasteiger partial charge >= 0.3 is 0 Å². The molecular formula is C27H23N3O3. The summed E-state index contributed by atoms with van der Waals surface area (Å²) < 4.78 is 0. The summed E-state index contributed by atoms with van der Waals surface area (Å²) in [5.41, 5.74) is 3.20. The van der Waals surface area contributed by atoms with Crippen molar-refractivity contribution in [1.82, 2.24) is 14.8 Å². The summed E-state index contributed by atoms with van der Waals surface area (Å²) in [5, 5.41) is 9.99. The molecule has 0 spiro atoms. The average molecular weight is 437 g/mol. The summed E-state index contributed by atoms with van der Waals surface area (Å²) in [6, 6.07) is 22.5. The van der Waals surface area contributed by atoms with Crippen molar-refractivity contribution in [2.24, 2.45) is 0 Å². The van der Waals surface area contributed by atoms with Crippen LogP contribution in [0.3, 0.4) is 0 Å². The van der Waals surface area contributed by atoms with E-state index >= 15 is 0 Å². The van der Waals surface area contributed by atoms with Crippen molar-refractivity contribution in [3.05, 3.63) is 101 Å². The summed E-state index contributed by atoms with van der Waals surface area (Å²) in [5.74, 6) is 5.88. The van der Waals surface area contributed by atoms with Gasteiger partial charge in [-0.15, -0.1) is 0 Å². The van der Waals surface area contributed by atoms with E-state index in [1.54, 1.807) is 34.2 Å². The zero-order valence-corrected chi connectivity index (χ0v) is 18.0. The number of aliphatic hydroxyl groups excluding tert-OH is 1. The molecule has 0 aliphatic carbocycles. The van der Waals surface area contributed by atoms with E-state index in [1.807, 2.05) is 54.6 Å². The number of carbonyl (C=O) groups excluding carboxylic acids is 2. The Kier molecular flexibility index (Phi) is 5.64. The van der Waals surface area contributed by atoms with Crippen molar-refractivity contribution < 1.29 is 14.7 Å². The highest BCUT2D eigenvalue weighted by atomic mass is 16.3. The predicted octanol–water partition coefficient (Wildman–Crippen LogP) is 2.29. The Balaban J connectivity index is 1.35. The molecule has 3 heterocycles. The molecule has 2 saturated heterocycles. The Morgan fingerprint density at radius 2 is 1.67 bits per heavy atom. The van der Waals surface area contributed by atoms with Crippen LogP contribution in [0.1, 0.15) is 33.1 Å². The third-order valence-corrected chi connectivity index (χ3v) is 6.34. The lowest BCUT2D eigenvalue weighted by Gasteiger charge is -2.58. The first kappa shape index (κ1) is 20.9. The molecule has 6 nitrogen and oxygen atoms in total. The third kappa shape index (κ3) is 3.99. The number of aromatic nitrogens is 1. The molecule has 0 unspecified atom stereocenters. The monoisotopic (exact) mass is 437 g/mol. The molecule has 2 aliphatic heterocycles. The molecule has 1 aromatic heterocycles. The number of carbonyl (C=O) groups is 2. The molecule has 2 fully saturated rings. The molecule has 1 N–H and O–H groups in total. The van der Waals surface area contributed by atoms with Crippen LogP contribution in [0, 0.1) is 11.8 Å². The van der Waals surface area contributed by atoms with Crippen LogP contribution in [0.15, 0.2) is 79.0 Å². The van der Waals surface area contributed by atoms with E-state index in [1.165, 1.54) is 0 Å². The van der Waals surface area contributed by atoms with E-state index in [2.05, 4.69) is 16.8 Å². The van der Waals surface area contributed by atoms with Crippen LogP contribution in [0.25, 0.3) is 0 Å².